The molecule has 0 saturated heterocycles. The number of benzene rings is 2. The Bertz CT molecular complexity index is 576. The van der Waals surface area contributed by atoms with Crippen molar-refractivity contribution in [3.63, 3.8) is 0 Å². The van der Waals surface area contributed by atoms with Crippen molar-refractivity contribution in [1.82, 2.24) is 0 Å². The van der Waals surface area contributed by atoms with Crippen LogP contribution in [0.5, 0.6) is 0 Å². The van der Waals surface area contributed by atoms with Gasteiger partial charge in [0.25, 0.3) is 0 Å². The Morgan fingerprint density at radius 2 is 1.88 bits per heavy atom. The summed E-state index contributed by atoms with van der Waals surface area (Å²) < 4.78 is 27.0. The molecule has 0 bridgehead atoms. The van der Waals surface area contributed by atoms with Crippen LogP contribution >= 0.6 is 0 Å². The quantitative estimate of drug-likeness (QED) is 0.720. The minimum atomic E-state index is -0.575. The van der Waals surface area contributed by atoms with Crippen LogP contribution in [0.15, 0.2) is 36.4 Å². The minimum Gasteiger partial charge on any atom is -0.298 e. The molecule has 0 aliphatic heterocycles. The van der Waals surface area contributed by atoms with E-state index in [1.807, 2.05) is 0 Å². The van der Waals surface area contributed by atoms with Gasteiger partial charge in [-0.15, -0.1) is 0 Å². The number of hydrogen-bond acceptors (Lipinski definition) is 1. The summed E-state index contributed by atoms with van der Waals surface area (Å²) in [5.74, 6) is -0.908. The van der Waals surface area contributed by atoms with Crippen LogP contribution in [0.25, 0.3) is 11.1 Å². The van der Waals surface area contributed by atoms with E-state index in [2.05, 4.69) is 0 Å². The third-order valence-electron chi connectivity index (χ3n) is 2.62. The fraction of sp³-hybridized carbons (Fsp3) is 0.0714. The molecule has 0 atom stereocenters. The van der Waals surface area contributed by atoms with Gasteiger partial charge in [0.15, 0.2) is 6.29 Å². The first-order valence-corrected chi connectivity index (χ1v) is 5.13. The largest absolute Gasteiger partial charge is 0.298 e. The molecule has 0 spiro atoms. The Kier molecular flexibility index (Phi) is 3.00. The minimum absolute atomic E-state index is 0.00415. The Morgan fingerprint density at radius 3 is 2.53 bits per heavy atom. The van der Waals surface area contributed by atoms with Crippen molar-refractivity contribution in [2.24, 2.45) is 0 Å². The number of hydrogen-bond donors (Lipinski definition) is 0. The smallest absolute Gasteiger partial charge is 0.153 e. The highest BCUT2D eigenvalue weighted by Gasteiger charge is 2.10. The van der Waals surface area contributed by atoms with Gasteiger partial charge in [0, 0.05) is 5.56 Å². The number of carbonyl (C=O) groups is 1. The zero-order chi connectivity index (χ0) is 12.4. The second-order valence-electron chi connectivity index (χ2n) is 3.79. The maximum Gasteiger partial charge on any atom is 0.153 e. The summed E-state index contributed by atoms with van der Waals surface area (Å²) in [6.45, 7) is 1.61. The molecule has 2 aromatic rings. The Morgan fingerprint density at radius 1 is 1.12 bits per heavy atom. The number of aldehydes is 1. The second-order valence-corrected chi connectivity index (χ2v) is 3.79. The molecule has 0 saturated carbocycles. The van der Waals surface area contributed by atoms with Gasteiger partial charge in [-0.25, -0.2) is 8.78 Å². The van der Waals surface area contributed by atoms with Gasteiger partial charge in [-0.05, 0) is 36.2 Å². The lowest BCUT2D eigenvalue weighted by atomic mass is 10.0. The molecule has 3 heteroatoms. The average molecular weight is 232 g/mol. The Hall–Kier alpha value is -2.03. The summed E-state index contributed by atoms with van der Waals surface area (Å²) in [5.41, 5.74) is 1.31. The Balaban J connectivity index is 2.60. The van der Waals surface area contributed by atoms with Crippen molar-refractivity contribution >= 4 is 6.29 Å². The lowest BCUT2D eigenvalue weighted by Gasteiger charge is -2.06. The van der Waals surface area contributed by atoms with Crippen LogP contribution in [0, 0.1) is 18.6 Å². The van der Waals surface area contributed by atoms with Gasteiger partial charge in [-0.1, -0.05) is 18.2 Å². The molecule has 86 valence electrons. The highest BCUT2D eigenvalue weighted by Crippen LogP contribution is 2.25. The maximum atomic E-state index is 13.9. The number of rotatable bonds is 2. The third-order valence-corrected chi connectivity index (χ3v) is 2.62. The summed E-state index contributed by atoms with van der Waals surface area (Å²) >= 11 is 0. The predicted molar refractivity (Wildman–Crippen MR) is 61.9 cm³/mol. The van der Waals surface area contributed by atoms with Gasteiger partial charge < -0.3 is 0 Å². The summed E-state index contributed by atoms with van der Waals surface area (Å²) in [5, 5.41) is 0. The molecule has 0 heterocycles. The van der Waals surface area contributed by atoms with Gasteiger partial charge in [-0.2, -0.15) is 0 Å². The molecular weight excluding hydrogens is 222 g/mol. The number of carbonyl (C=O) groups excluding carboxylic acids is 1. The fourth-order valence-corrected chi connectivity index (χ4v) is 1.68. The molecule has 0 unspecified atom stereocenters. The molecule has 0 N–H and O–H groups in total. The normalized spacial score (nSPS) is 10.3. The van der Waals surface area contributed by atoms with Gasteiger partial charge in [0.05, 0.1) is 5.56 Å². The highest BCUT2D eigenvalue weighted by atomic mass is 19.1. The predicted octanol–water partition coefficient (Wildman–Crippen LogP) is 3.75. The summed E-state index contributed by atoms with van der Waals surface area (Å²) in [6, 6.07) is 8.91. The molecule has 0 fully saturated rings. The molecule has 2 rings (SSSR count). The zero-order valence-electron chi connectivity index (χ0n) is 9.21. The van der Waals surface area contributed by atoms with Gasteiger partial charge in [0.2, 0.25) is 0 Å². The van der Waals surface area contributed by atoms with E-state index in [9.17, 15) is 13.6 Å². The molecular formula is C14H10F2O. The summed E-state index contributed by atoms with van der Waals surface area (Å²) in [6.07, 6.45) is 0.467. The lowest BCUT2D eigenvalue weighted by Crippen LogP contribution is -1.92. The van der Waals surface area contributed by atoms with Crippen LogP contribution in [0.4, 0.5) is 8.78 Å². The van der Waals surface area contributed by atoms with Gasteiger partial charge in [-0.3, -0.25) is 4.79 Å². The van der Waals surface area contributed by atoms with Crippen LogP contribution in [0.1, 0.15) is 15.9 Å². The molecule has 0 aromatic heterocycles. The van der Waals surface area contributed by atoms with Crippen LogP contribution in [-0.4, -0.2) is 6.29 Å². The summed E-state index contributed by atoms with van der Waals surface area (Å²) in [4.78, 5) is 10.6. The highest BCUT2D eigenvalue weighted by molar-refractivity contribution is 5.79. The van der Waals surface area contributed by atoms with Gasteiger partial charge in [0.1, 0.15) is 11.6 Å². The summed E-state index contributed by atoms with van der Waals surface area (Å²) in [7, 11) is 0. The van der Waals surface area contributed by atoms with Crippen molar-refractivity contribution in [3.8, 4) is 11.1 Å². The molecule has 17 heavy (non-hydrogen) atoms. The number of halogens is 2. The van der Waals surface area contributed by atoms with Crippen LogP contribution in [0.3, 0.4) is 0 Å². The van der Waals surface area contributed by atoms with Crippen LogP contribution in [0.2, 0.25) is 0 Å². The molecule has 0 aliphatic rings. The van der Waals surface area contributed by atoms with Crippen molar-refractivity contribution in [2.45, 2.75) is 6.92 Å². The SMILES string of the molecule is Cc1cc(-c2cccc(C=O)c2F)ccc1F. The van der Waals surface area contributed by atoms with E-state index in [0.29, 0.717) is 23.0 Å². The molecule has 0 radical (unpaired) electrons. The first-order chi connectivity index (χ1) is 8.13. The van der Waals surface area contributed by atoms with E-state index >= 15 is 0 Å². The van der Waals surface area contributed by atoms with E-state index in [4.69, 9.17) is 0 Å². The second kappa shape index (κ2) is 4.45. The monoisotopic (exact) mass is 232 g/mol. The molecule has 2 aromatic carbocycles. The van der Waals surface area contributed by atoms with E-state index in [0.717, 1.165) is 0 Å². The third kappa shape index (κ3) is 2.09. The van der Waals surface area contributed by atoms with E-state index < -0.39 is 5.82 Å². The van der Waals surface area contributed by atoms with Crippen molar-refractivity contribution in [3.05, 3.63) is 59.2 Å². The maximum absolute atomic E-state index is 13.9. The first kappa shape index (κ1) is 11.5. The van der Waals surface area contributed by atoms with Crippen molar-refractivity contribution in [2.75, 3.05) is 0 Å². The standard InChI is InChI=1S/C14H10F2O/c1-9-7-10(5-6-13(9)15)12-4-2-3-11(8-17)14(12)16/h2-8H,1H3. The average Bonchev–Trinajstić information content (AvgIpc) is 2.33. The van der Waals surface area contributed by atoms with Crippen molar-refractivity contribution in [1.29, 1.82) is 0 Å². The van der Waals surface area contributed by atoms with Crippen molar-refractivity contribution < 1.29 is 13.6 Å². The van der Waals surface area contributed by atoms with Crippen LogP contribution in [-0.2, 0) is 0 Å². The zero-order valence-corrected chi connectivity index (χ0v) is 9.21. The van der Waals surface area contributed by atoms with E-state index in [1.54, 1.807) is 25.1 Å². The fourth-order valence-electron chi connectivity index (χ4n) is 1.68. The van der Waals surface area contributed by atoms with E-state index in [-0.39, 0.29) is 11.4 Å². The molecule has 1 nitrogen and oxygen atoms in total. The molecule has 0 amide bonds. The van der Waals surface area contributed by atoms with Gasteiger partial charge >= 0.3 is 0 Å². The topological polar surface area (TPSA) is 17.1 Å². The van der Waals surface area contributed by atoms with Crippen LogP contribution < -0.4 is 0 Å². The first-order valence-electron chi connectivity index (χ1n) is 5.13. The lowest BCUT2D eigenvalue weighted by molar-refractivity contribution is 0.112. The molecule has 0 aliphatic carbocycles. The number of aryl methyl sites for hydroxylation is 1. The van der Waals surface area contributed by atoms with E-state index in [1.165, 1.54) is 18.2 Å². The Labute approximate surface area is 97.7 Å².